The van der Waals surface area contributed by atoms with E-state index in [9.17, 15) is 9.59 Å². The number of hydrogen-bond donors (Lipinski definition) is 3. The first kappa shape index (κ1) is 16.9. The Morgan fingerprint density at radius 1 is 1.15 bits per heavy atom. The Bertz CT molecular complexity index is 316. The molecule has 0 aromatic heterocycles. The molecule has 2 atom stereocenters. The van der Waals surface area contributed by atoms with Crippen LogP contribution in [0.4, 0.5) is 4.79 Å². The number of amides is 3. The molecule has 0 aromatic carbocycles. The van der Waals surface area contributed by atoms with Crippen molar-refractivity contribution in [3.8, 4) is 0 Å². The summed E-state index contributed by atoms with van der Waals surface area (Å²) in [6.07, 6.45) is 3.85. The normalized spacial score (nSPS) is 19.1. The number of carbonyl (C=O) groups is 2. The third kappa shape index (κ3) is 6.34. The average molecular weight is 284 g/mol. The minimum absolute atomic E-state index is 0.225. The maximum atomic E-state index is 11.8. The van der Waals surface area contributed by atoms with Crippen LogP contribution in [0, 0.1) is 0 Å². The topological polar surface area (TPSA) is 73.5 Å². The lowest BCUT2D eigenvalue weighted by Gasteiger charge is -2.30. The fourth-order valence-corrected chi connectivity index (χ4v) is 2.51. The summed E-state index contributed by atoms with van der Waals surface area (Å²) in [4.78, 5) is 25.5. The van der Waals surface area contributed by atoms with Crippen LogP contribution in [0.3, 0.4) is 0 Å². The van der Waals surface area contributed by atoms with Gasteiger partial charge in [-0.05, 0) is 46.7 Å². The van der Waals surface area contributed by atoms with Gasteiger partial charge in [0.05, 0.1) is 6.04 Å². The van der Waals surface area contributed by atoms with Crippen LogP contribution < -0.4 is 16.0 Å². The van der Waals surface area contributed by atoms with Crippen molar-refractivity contribution in [2.45, 2.75) is 52.1 Å². The molecule has 0 bridgehead atoms. The van der Waals surface area contributed by atoms with E-state index in [1.165, 1.54) is 19.3 Å². The number of likely N-dealkylation sites (tertiary alicyclic amines) is 1. The number of nitrogens with zero attached hydrogens (tertiary/aromatic N) is 1. The SMILES string of the molecule is CCNC(=O)NC(=O)C(C)NC(C)CN1CCCCC1. The highest BCUT2D eigenvalue weighted by Crippen LogP contribution is 2.08. The van der Waals surface area contributed by atoms with Crippen LogP contribution in [0.5, 0.6) is 0 Å². The molecule has 1 heterocycles. The molecule has 0 saturated carbocycles. The first-order valence-corrected chi connectivity index (χ1v) is 7.60. The maximum absolute atomic E-state index is 11.8. The van der Waals surface area contributed by atoms with Gasteiger partial charge in [0.2, 0.25) is 5.91 Å². The Kier molecular flexibility index (Phi) is 7.54. The van der Waals surface area contributed by atoms with E-state index in [2.05, 4.69) is 27.8 Å². The van der Waals surface area contributed by atoms with E-state index in [-0.39, 0.29) is 18.0 Å². The molecule has 0 spiro atoms. The molecule has 1 aliphatic heterocycles. The first-order valence-electron chi connectivity index (χ1n) is 7.60. The lowest BCUT2D eigenvalue weighted by molar-refractivity contribution is -0.121. The van der Waals surface area contributed by atoms with E-state index in [0.717, 1.165) is 19.6 Å². The van der Waals surface area contributed by atoms with Crippen molar-refractivity contribution in [1.82, 2.24) is 20.9 Å². The largest absolute Gasteiger partial charge is 0.338 e. The summed E-state index contributed by atoms with van der Waals surface area (Å²) < 4.78 is 0. The Morgan fingerprint density at radius 2 is 1.80 bits per heavy atom. The van der Waals surface area contributed by atoms with Crippen molar-refractivity contribution in [2.75, 3.05) is 26.2 Å². The van der Waals surface area contributed by atoms with Crippen LogP contribution in [0.1, 0.15) is 40.0 Å². The summed E-state index contributed by atoms with van der Waals surface area (Å²) in [5.41, 5.74) is 0. The van der Waals surface area contributed by atoms with Gasteiger partial charge in [-0.3, -0.25) is 10.1 Å². The van der Waals surface area contributed by atoms with E-state index in [1.807, 2.05) is 6.92 Å². The zero-order valence-corrected chi connectivity index (χ0v) is 12.9. The Labute approximate surface area is 121 Å². The quantitative estimate of drug-likeness (QED) is 0.671. The highest BCUT2D eigenvalue weighted by Gasteiger charge is 2.19. The summed E-state index contributed by atoms with van der Waals surface area (Å²) in [6.45, 7) is 9.40. The van der Waals surface area contributed by atoms with Gasteiger partial charge >= 0.3 is 6.03 Å². The molecule has 0 aliphatic carbocycles. The van der Waals surface area contributed by atoms with Gasteiger partial charge in [-0.25, -0.2) is 4.79 Å². The second-order valence-electron chi connectivity index (χ2n) is 5.50. The molecule has 0 radical (unpaired) electrons. The number of carbonyl (C=O) groups excluding carboxylic acids is 2. The second kappa shape index (κ2) is 8.92. The van der Waals surface area contributed by atoms with E-state index in [0.29, 0.717) is 6.54 Å². The van der Waals surface area contributed by atoms with Crippen LogP contribution in [0.2, 0.25) is 0 Å². The number of rotatable bonds is 6. The number of urea groups is 1. The van der Waals surface area contributed by atoms with Crippen molar-refractivity contribution in [1.29, 1.82) is 0 Å². The first-order chi connectivity index (χ1) is 9.52. The molecule has 1 fully saturated rings. The van der Waals surface area contributed by atoms with Crippen LogP contribution in [-0.4, -0.2) is 55.1 Å². The van der Waals surface area contributed by atoms with E-state index < -0.39 is 6.03 Å². The summed E-state index contributed by atoms with van der Waals surface area (Å²) in [6, 6.07) is -0.588. The molecule has 1 saturated heterocycles. The third-order valence-corrected chi connectivity index (χ3v) is 3.48. The summed E-state index contributed by atoms with van der Waals surface area (Å²) >= 11 is 0. The van der Waals surface area contributed by atoms with E-state index >= 15 is 0 Å². The maximum Gasteiger partial charge on any atom is 0.321 e. The van der Waals surface area contributed by atoms with Crippen molar-refractivity contribution < 1.29 is 9.59 Å². The van der Waals surface area contributed by atoms with Crippen molar-refractivity contribution in [2.24, 2.45) is 0 Å². The zero-order valence-electron chi connectivity index (χ0n) is 12.9. The smallest absolute Gasteiger partial charge is 0.321 e. The lowest BCUT2D eigenvalue weighted by atomic mass is 10.1. The lowest BCUT2D eigenvalue weighted by Crippen LogP contribution is -2.52. The summed E-state index contributed by atoms with van der Waals surface area (Å²) in [5, 5.41) is 8.11. The van der Waals surface area contributed by atoms with Crippen LogP contribution >= 0.6 is 0 Å². The van der Waals surface area contributed by atoms with Crippen molar-refractivity contribution in [3.63, 3.8) is 0 Å². The van der Waals surface area contributed by atoms with Crippen molar-refractivity contribution >= 4 is 11.9 Å². The van der Waals surface area contributed by atoms with Crippen LogP contribution in [0.15, 0.2) is 0 Å². The standard InChI is InChI=1S/C14H28N4O2/c1-4-15-14(20)17-13(19)12(3)16-11(2)10-18-8-6-5-7-9-18/h11-12,16H,4-10H2,1-3H3,(H2,15,17,19,20). The number of piperidine rings is 1. The number of nitrogens with one attached hydrogen (secondary N) is 3. The molecule has 2 unspecified atom stereocenters. The second-order valence-corrected chi connectivity index (χ2v) is 5.50. The molecular weight excluding hydrogens is 256 g/mol. The van der Waals surface area contributed by atoms with Gasteiger partial charge in [-0.15, -0.1) is 0 Å². The predicted octanol–water partition coefficient (Wildman–Crippen LogP) is 0.685. The summed E-state index contributed by atoms with van der Waals surface area (Å²) in [5.74, 6) is -0.290. The van der Waals surface area contributed by atoms with E-state index in [4.69, 9.17) is 0 Å². The van der Waals surface area contributed by atoms with Crippen LogP contribution in [0.25, 0.3) is 0 Å². The van der Waals surface area contributed by atoms with E-state index in [1.54, 1.807) is 6.92 Å². The zero-order chi connectivity index (χ0) is 15.0. The fraction of sp³-hybridized carbons (Fsp3) is 0.857. The Balaban J connectivity index is 2.27. The molecule has 6 heteroatoms. The van der Waals surface area contributed by atoms with Gasteiger partial charge in [0.25, 0.3) is 0 Å². The van der Waals surface area contributed by atoms with Gasteiger partial charge < -0.3 is 15.5 Å². The highest BCUT2D eigenvalue weighted by atomic mass is 16.2. The van der Waals surface area contributed by atoms with Gasteiger partial charge in [-0.2, -0.15) is 0 Å². The molecule has 20 heavy (non-hydrogen) atoms. The highest BCUT2D eigenvalue weighted by molar-refractivity contribution is 5.96. The molecule has 116 valence electrons. The molecular formula is C14H28N4O2. The van der Waals surface area contributed by atoms with Gasteiger partial charge in [0.1, 0.15) is 0 Å². The Morgan fingerprint density at radius 3 is 2.40 bits per heavy atom. The molecule has 3 amide bonds. The molecule has 1 rings (SSSR count). The Hall–Kier alpha value is -1.14. The minimum atomic E-state index is -0.435. The number of imide groups is 1. The average Bonchev–Trinajstić information content (AvgIpc) is 2.39. The van der Waals surface area contributed by atoms with Gasteiger partial charge in [-0.1, -0.05) is 6.42 Å². The van der Waals surface area contributed by atoms with Gasteiger partial charge in [0, 0.05) is 19.1 Å². The van der Waals surface area contributed by atoms with Gasteiger partial charge in [0.15, 0.2) is 0 Å². The predicted molar refractivity (Wildman–Crippen MR) is 79.6 cm³/mol. The fourth-order valence-electron chi connectivity index (χ4n) is 2.51. The third-order valence-electron chi connectivity index (χ3n) is 3.48. The molecule has 6 nitrogen and oxygen atoms in total. The number of hydrogen-bond acceptors (Lipinski definition) is 4. The monoisotopic (exact) mass is 284 g/mol. The molecule has 1 aliphatic rings. The minimum Gasteiger partial charge on any atom is -0.338 e. The molecule has 3 N–H and O–H groups in total. The molecule has 0 aromatic rings. The van der Waals surface area contributed by atoms with Crippen LogP contribution in [-0.2, 0) is 4.79 Å². The van der Waals surface area contributed by atoms with Crippen molar-refractivity contribution in [3.05, 3.63) is 0 Å². The summed E-state index contributed by atoms with van der Waals surface area (Å²) in [7, 11) is 0.